The summed E-state index contributed by atoms with van der Waals surface area (Å²) in [5.41, 5.74) is 1.91. The van der Waals surface area contributed by atoms with Crippen LogP contribution in [0.2, 0.25) is 0 Å². The van der Waals surface area contributed by atoms with Gasteiger partial charge < -0.3 is 9.64 Å². The van der Waals surface area contributed by atoms with E-state index in [-0.39, 0.29) is 0 Å². The first kappa shape index (κ1) is 13.9. The molecule has 0 aromatic heterocycles. The first-order valence-electron chi connectivity index (χ1n) is 7.78. The maximum absolute atomic E-state index is 5.22. The Morgan fingerprint density at radius 1 is 1.05 bits per heavy atom. The molecule has 0 unspecified atom stereocenters. The van der Waals surface area contributed by atoms with Crippen LogP contribution in [0.5, 0.6) is 5.75 Å². The van der Waals surface area contributed by atoms with E-state index < -0.39 is 0 Å². The summed E-state index contributed by atoms with van der Waals surface area (Å²) < 4.78 is 5.22. The molecule has 3 nitrogen and oxygen atoms in total. The molecule has 0 atom stereocenters. The van der Waals surface area contributed by atoms with Gasteiger partial charge in [0.2, 0.25) is 0 Å². The van der Waals surface area contributed by atoms with Gasteiger partial charge in [-0.15, -0.1) is 0 Å². The molecule has 110 valence electrons. The fourth-order valence-electron chi connectivity index (χ4n) is 3.82. The number of hydrogen-bond donors (Lipinski definition) is 0. The lowest BCUT2D eigenvalue weighted by Gasteiger charge is -2.43. The molecule has 1 aromatic rings. The number of benzene rings is 1. The molecule has 0 saturated carbocycles. The standard InChI is InChI=1S/C17H26N2O/c1-18-11-3-8-17(18)9-12-19(13-10-17)14-15-4-6-16(20-2)7-5-15/h4-7H,3,8-14H2,1-2H3. The highest BCUT2D eigenvalue weighted by Gasteiger charge is 2.40. The number of hydrogen-bond acceptors (Lipinski definition) is 3. The van der Waals surface area contributed by atoms with Gasteiger partial charge in [0.1, 0.15) is 5.75 Å². The summed E-state index contributed by atoms with van der Waals surface area (Å²) in [6.07, 6.45) is 5.45. The Hall–Kier alpha value is -1.06. The topological polar surface area (TPSA) is 15.7 Å². The summed E-state index contributed by atoms with van der Waals surface area (Å²) in [6.45, 7) is 4.83. The van der Waals surface area contributed by atoms with Gasteiger partial charge in [0.25, 0.3) is 0 Å². The van der Waals surface area contributed by atoms with Crippen LogP contribution in [0, 0.1) is 0 Å². The molecule has 0 N–H and O–H groups in total. The molecule has 2 fully saturated rings. The SMILES string of the molecule is COc1ccc(CN2CCC3(CCCN3C)CC2)cc1. The zero-order chi connectivity index (χ0) is 14.0. The van der Waals surface area contributed by atoms with E-state index in [0.717, 1.165) is 12.3 Å². The average molecular weight is 274 g/mol. The van der Waals surface area contributed by atoms with E-state index in [2.05, 4.69) is 41.1 Å². The second-order valence-corrected chi connectivity index (χ2v) is 6.37. The largest absolute Gasteiger partial charge is 0.497 e. The molecular formula is C17H26N2O. The third-order valence-corrected chi connectivity index (χ3v) is 5.30. The minimum absolute atomic E-state index is 0.524. The number of nitrogens with zero attached hydrogens (tertiary/aromatic N) is 2. The minimum Gasteiger partial charge on any atom is -0.497 e. The second kappa shape index (κ2) is 5.74. The lowest BCUT2D eigenvalue weighted by atomic mass is 9.85. The Labute approximate surface area is 122 Å². The van der Waals surface area contributed by atoms with Crippen LogP contribution in [-0.2, 0) is 6.54 Å². The smallest absolute Gasteiger partial charge is 0.118 e. The van der Waals surface area contributed by atoms with Crippen molar-refractivity contribution < 1.29 is 4.74 Å². The highest BCUT2D eigenvalue weighted by atomic mass is 16.5. The fraction of sp³-hybridized carbons (Fsp3) is 0.647. The first-order chi connectivity index (χ1) is 9.72. The molecule has 2 aliphatic heterocycles. The molecule has 3 heteroatoms. The van der Waals surface area contributed by atoms with Crippen LogP contribution >= 0.6 is 0 Å². The summed E-state index contributed by atoms with van der Waals surface area (Å²) in [7, 11) is 4.03. The van der Waals surface area contributed by atoms with Crippen molar-refractivity contribution in [3.05, 3.63) is 29.8 Å². The van der Waals surface area contributed by atoms with Crippen molar-refractivity contribution in [2.75, 3.05) is 33.8 Å². The number of piperidine rings is 1. The van der Waals surface area contributed by atoms with Crippen molar-refractivity contribution in [3.63, 3.8) is 0 Å². The van der Waals surface area contributed by atoms with E-state index in [4.69, 9.17) is 4.74 Å². The van der Waals surface area contributed by atoms with E-state index in [1.165, 1.54) is 50.9 Å². The molecule has 20 heavy (non-hydrogen) atoms. The summed E-state index contributed by atoms with van der Waals surface area (Å²) in [4.78, 5) is 5.21. The Morgan fingerprint density at radius 3 is 2.30 bits per heavy atom. The van der Waals surface area contributed by atoms with E-state index in [1.54, 1.807) is 7.11 Å². The van der Waals surface area contributed by atoms with E-state index in [1.807, 2.05) is 0 Å². The summed E-state index contributed by atoms with van der Waals surface area (Å²) in [5.74, 6) is 0.943. The molecule has 2 heterocycles. The molecule has 2 aliphatic rings. The van der Waals surface area contributed by atoms with Gasteiger partial charge in [-0.05, 0) is 57.0 Å². The van der Waals surface area contributed by atoms with Crippen molar-refractivity contribution in [2.45, 2.75) is 37.8 Å². The summed E-state index contributed by atoms with van der Waals surface area (Å²) >= 11 is 0. The third-order valence-electron chi connectivity index (χ3n) is 5.30. The van der Waals surface area contributed by atoms with Gasteiger partial charge in [0.05, 0.1) is 7.11 Å². The predicted molar refractivity (Wildman–Crippen MR) is 82.1 cm³/mol. The minimum atomic E-state index is 0.524. The highest BCUT2D eigenvalue weighted by Crippen LogP contribution is 2.37. The molecule has 0 radical (unpaired) electrons. The monoisotopic (exact) mass is 274 g/mol. The van der Waals surface area contributed by atoms with Crippen molar-refractivity contribution in [2.24, 2.45) is 0 Å². The maximum atomic E-state index is 5.22. The molecular weight excluding hydrogens is 248 g/mol. The summed E-state index contributed by atoms with van der Waals surface area (Å²) in [6, 6.07) is 8.49. The predicted octanol–water partition coefficient (Wildman–Crippen LogP) is 2.76. The van der Waals surface area contributed by atoms with Gasteiger partial charge in [-0.1, -0.05) is 12.1 Å². The zero-order valence-electron chi connectivity index (χ0n) is 12.8. The van der Waals surface area contributed by atoms with E-state index in [9.17, 15) is 0 Å². The van der Waals surface area contributed by atoms with Crippen molar-refractivity contribution >= 4 is 0 Å². The second-order valence-electron chi connectivity index (χ2n) is 6.37. The van der Waals surface area contributed by atoms with Crippen molar-refractivity contribution in [1.29, 1.82) is 0 Å². The van der Waals surface area contributed by atoms with Crippen molar-refractivity contribution in [3.8, 4) is 5.75 Å². The lowest BCUT2D eigenvalue weighted by Crippen LogP contribution is -2.50. The van der Waals surface area contributed by atoms with Gasteiger partial charge in [-0.3, -0.25) is 4.90 Å². The normalized spacial score (nSPS) is 23.3. The molecule has 3 rings (SSSR count). The number of rotatable bonds is 3. The Balaban J connectivity index is 1.55. The van der Waals surface area contributed by atoms with Crippen LogP contribution in [0.15, 0.2) is 24.3 Å². The Bertz CT molecular complexity index is 435. The van der Waals surface area contributed by atoms with Crippen molar-refractivity contribution in [1.82, 2.24) is 9.80 Å². The number of likely N-dealkylation sites (tertiary alicyclic amines) is 2. The zero-order valence-corrected chi connectivity index (χ0v) is 12.8. The Morgan fingerprint density at radius 2 is 1.75 bits per heavy atom. The van der Waals surface area contributed by atoms with Gasteiger partial charge in [0.15, 0.2) is 0 Å². The average Bonchev–Trinajstić information content (AvgIpc) is 2.83. The van der Waals surface area contributed by atoms with Crippen LogP contribution in [-0.4, -0.2) is 49.1 Å². The first-order valence-corrected chi connectivity index (χ1v) is 7.78. The maximum Gasteiger partial charge on any atom is 0.118 e. The van der Waals surface area contributed by atoms with E-state index in [0.29, 0.717) is 5.54 Å². The number of ether oxygens (including phenoxy) is 1. The molecule has 1 spiro atoms. The lowest BCUT2D eigenvalue weighted by molar-refractivity contribution is 0.0673. The van der Waals surface area contributed by atoms with Gasteiger partial charge in [0, 0.05) is 25.2 Å². The molecule has 0 aliphatic carbocycles. The van der Waals surface area contributed by atoms with Gasteiger partial charge in [-0.2, -0.15) is 0 Å². The Kier molecular flexibility index (Phi) is 3.99. The van der Waals surface area contributed by atoms with Gasteiger partial charge >= 0.3 is 0 Å². The molecule has 2 saturated heterocycles. The van der Waals surface area contributed by atoms with Crippen LogP contribution in [0.1, 0.15) is 31.2 Å². The van der Waals surface area contributed by atoms with Crippen LogP contribution in [0.25, 0.3) is 0 Å². The number of methoxy groups -OCH3 is 1. The van der Waals surface area contributed by atoms with Crippen LogP contribution < -0.4 is 4.74 Å². The highest BCUT2D eigenvalue weighted by molar-refractivity contribution is 5.27. The molecule has 0 bridgehead atoms. The van der Waals surface area contributed by atoms with Crippen LogP contribution in [0.3, 0.4) is 0 Å². The molecule has 1 aromatic carbocycles. The fourth-order valence-corrected chi connectivity index (χ4v) is 3.82. The van der Waals surface area contributed by atoms with Gasteiger partial charge in [-0.25, -0.2) is 0 Å². The quantitative estimate of drug-likeness (QED) is 0.843. The third kappa shape index (κ3) is 2.70. The van der Waals surface area contributed by atoms with Crippen LogP contribution in [0.4, 0.5) is 0 Å². The summed E-state index contributed by atoms with van der Waals surface area (Å²) in [5, 5.41) is 0. The molecule has 0 amide bonds. The van der Waals surface area contributed by atoms with E-state index >= 15 is 0 Å².